The number of phenols is 1. The standard InChI is InChI=1S/C11H16N2O/c1-13-9(4-5-12)6-8-2-3-10(14)7-11(8)13/h2-3,7,9,14H,4-6,12H2,1H3. The van der Waals surface area contributed by atoms with Crippen LogP contribution in [0.15, 0.2) is 18.2 Å². The minimum atomic E-state index is 0.337. The molecule has 1 aromatic carbocycles. The summed E-state index contributed by atoms with van der Waals surface area (Å²) in [6.07, 6.45) is 2.05. The number of rotatable bonds is 2. The van der Waals surface area contributed by atoms with Gasteiger partial charge in [-0.15, -0.1) is 0 Å². The van der Waals surface area contributed by atoms with Gasteiger partial charge in [-0.25, -0.2) is 0 Å². The summed E-state index contributed by atoms with van der Waals surface area (Å²) in [5.74, 6) is 0.337. The SMILES string of the molecule is CN1c2cc(O)ccc2CC1CCN. The predicted molar refractivity (Wildman–Crippen MR) is 57.7 cm³/mol. The number of likely N-dealkylation sites (N-methyl/N-ethyl adjacent to an activating group) is 1. The maximum Gasteiger partial charge on any atom is 0.117 e. The Labute approximate surface area is 84.1 Å². The average Bonchev–Trinajstić information content (AvgIpc) is 2.46. The Hall–Kier alpha value is -1.22. The van der Waals surface area contributed by atoms with Crippen molar-refractivity contribution in [3.8, 4) is 5.75 Å². The molecule has 2 rings (SSSR count). The third kappa shape index (κ3) is 1.44. The van der Waals surface area contributed by atoms with Crippen LogP contribution >= 0.6 is 0 Å². The van der Waals surface area contributed by atoms with Crippen molar-refractivity contribution in [1.29, 1.82) is 0 Å². The molecule has 0 bridgehead atoms. The van der Waals surface area contributed by atoms with E-state index in [2.05, 4.69) is 11.9 Å². The lowest BCUT2D eigenvalue weighted by atomic mass is 10.1. The van der Waals surface area contributed by atoms with E-state index in [-0.39, 0.29) is 0 Å². The lowest BCUT2D eigenvalue weighted by molar-refractivity contribution is 0.475. The van der Waals surface area contributed by atoms with Crippen molar-refractivity contribution in [3.63, 3.8) is 0 Å². The lowest BCUT2D eigenvalue weighted by Gasteiger charge is -2.21. The van der Waals surface area contributed by atoms with Crippen molar-refractivity contribution >= 4 is 5.69 Å². The smallest absolute Gasteiger partial charge is 0.117 e. The summed E-state index contributed by atoms with van der Waals surface area (Å²) in [4.78, 5) is 2.21. The average molecular weight is 192 g/mol. The van der Waals surface area contributed by atoms with E-state index in [1.54, 1.807) is 6.07 Å². The molecule has 0 saturated carbocycles. The van der Waals surface area contributed by atoms with Gasteiger partial charge in [-0.05, 0) is 31.0 Å². The first-order valence-corrected chi connectivity index (χ1v) is 4.97. The van der Waals surface area contributed by atoms with E-state index in [1.807, 2.05) is 12.1 Å². The topological polar surface area (TPSA) is 49.5 Å². The first-order chi connectivity index (χ1) is 6.72. The van der Waals surface area contributed by atoms with Gasteiger partial charge in [0.15, 0.2) is 0 Å². The molecule has 0 radical (unpaired) electrons. The summed E-state index contributed by atoms with van der Waals surface area (Å²) in [5, 5.41) is 9.38. The van der Waals surface area contributed by atoms with E-state index < -0.39 is 0 Å². The van der Waals surface area contributed by atoms with Gasteiger partial charge >= 0.3 is 0 Å². The third-order valence-electron chi connectivity index (χ3n) is 2.95. The Morgan fingerprint density at radius 2 is 2.36 bits per heavy atom. The Kier molecular flexibility index (Phi) is 2.33. The number of fused-ring (bicyclic) bond motifs is 1. The van der Waals surface area contributed by atoms with Gasteiger partial charge in [0.25, 0.3) is 0 Å². The van der Waals surface area contributed by atoms with Crippen LogP contribution in [0.4, 0.5) is 5.69 Å². The molecule has 0 aliphatic carbocycles. The van der Waals surface area contributed by atoms with Crippen LogP contribution < -0.4 is 10.6 Å². The number of benzene rings is 1. The number of hydrogen-bond donors (Lipinski definition) is 2. The number of nitrogens with zero attached hydrogens (tertiary/aromatic N) is 1. The second kappa shape index (κ2) is 3.50. The number of nitrogens with two attached hydrogens (primary N) is 1. The maximum absolute atomic E-state index is 9.38. The van der Waals surface area contributed by atoms with E-state index in [4.69, 9.17) is 5.73 Å². The molecule has 0 saturated heterocycles. The Morgan fingerprint density at radius 3 is 3.07 bits per heavy atom. The second-order valence-electron chi connectivity index (χ2n) is 3.86. The maximum atomic E-state index is 9.38. The van der Waals surface area contributed by atoms with E-state index in [9.17, 15) is 5.11 Å². The van der Waals surface area contributed by atoms with Crippen molar-refractivity contribution in [2.24, 2.45) is 5.73 Å². The van der Waals surface area contributed by atoms with Gasteiger partial charge in [0.05, 0.1) is 0 Å². The van der Waals surface area contributed by atoms with Crippen LogP contribution in [0, 0.1) is 0 Å². The summed E-state index contributed by atoms with van der Waals surface area (Å²) in [6.45, 7) is 0.717. The predicted octanol–water partition coefficient (Wildman–Crippen LogP) is 1.10. The lowest BCUT2D eigenvalue weighted by Crippen LogP contribution is -2.29. The van der Waals surface area contributed by atoms with Crippen LogP contribution in [-0.2, 0) is 6.42 Å². The zero-order valence-corrected chi connectivity index (χ0v) is 8.40. The fourth-order valence-corrected chi connectivity index (χ4v) is 2.13. The second-order valence-corrected chi connectivity index (χ2v) is 3.86. The summed E-state index contributed by atoms with van der Waals surface area (Å²) in [7, 11) is 2.06. The molecule has 0 fully saturated rings. The van der Waals surface area contributed by atoms with E-state index in [0.717, 1.165) is 25.1 Å². The molecule has 14 heavy (non-hydrogen) atoms. The third-order valence-corrected chi connectivity index (χ3v) is 2.95. The van der Waals surface area contributed by atoms with Crippen LogP contribution in [0.5, 0.6) is 5.75 Å². The van der Waals surface area contributed by atoms with Crippen molar-refractivity contribution in [3.05, 3.63) is 23.8 Å². The molecule has 1 unspecified atom stereocenters. The van der Waals surface area contributed by atoms with Crippen molar-refractivity contribution in [2.75, 3.05) is 18.5 Å². The first-order valence-electron chi connectivity index (χ1n) is 4.97. The Balaban J connectivity index is 2.27. The van der Waals surface area contributed by atoms with Crippen LogP contribution in [0.25, 0.3) is 0 Å². The van der Waals surface area contributed by atoms with Gasteiger partial charge in [-0.3, -0.25) is 0 Å². The number of anilines is 1. The molecule has 3 N–H and O–H groups in total. The van der Waals surface area contributed by atoms with Gasteiger partial charge in [0.2, 0.25) is 0 Å². The highest BCUT2D eigenvalue weighted by molar-refractivity contribution is 5.61. The van der Waals surface area contributed by atoms with Gasteiger partial charge < -0.3 is 15.7 Å². The molecule has 1 aliphatic heterocycles. The Morgan fingerprint density at radius 1 is 1.57 bits per heavy atom. The quantitative estimate of drug-likeness (QED) is 0.737. The summed E-state index contributed by atoms with van der Waals surface area (Å²) < 4.78 is 0. The van der Waals surface area contributed by atoms with Gasteiger partial charge in [0, 0.05) is 24.8 Å². The fourth-order valence-electron chi connectivity index (χ4n) is 2.13. The van der Waals surface area contributed by atoms with Gasteiger partial charge in [-0.2, -0.15) is 0 Å². The molecule has 76 valence electrons. The van der Waals surface area contributed by atoms with Crippen molar-refractivity contribution < 1.29 is 5.11 Å². The molecule has 0 amide bonds. The summed E-state index contributed by atoms with van der Waals surface area (Å²) in [5.41, 5.74) is 8.01. The van der Waals surface area contributed by atoms with Crippen molar-refractivity contribution in [1.82, 2.24) is 0 Å². The number of phenolic OH excluding ortho intramolecular Hbond substituents is 1. The minimum absolute atomic E-state index is 0.337. The zero-order valence-electron chi connectivity index (χ0n) is 8.40. The molecule has 3 heteroatoms. The molecule has 1 aromatic rings. The van der Waals surface area contributed by atoms with E-state index in [1.165, 1.54) is 5.56 Å². The molecule has 1 atom stereocenters. The summed E-state index contributed by atoms with van der Waals surface area (Å²) in [6, 6.07) is 6.07. The van der Waals surface area contributed by atoms with Crippen LogP contribution in [-0.4, -0.2) is 24.7 Å². The van der Waals surface area contributed by atoms with Crippen molar-refractivity contribution in [2.45, 2.75) is 18.9 Å². The molecular formula is C11H16N2O. The van der Waals surface area contributed by atoms with Crippen LogP contribution in [0.2, 0.25) is 0 Å². The normalized spacial score (nSPS) is 19.9. The highest BCUT2D eigenvalue weighted by Crippen LogP contribution is 2.34. The first kappa shape index (κ1) is 9.34. The molecule has 3 nitrogen and oxygen atoms in total. The van der Waals surface area contributed by atoms with Crippen LogP contribution in [0.1, 0.15) is 12.0 Å². The molecular weight excluding hydrogens is 176 g/mol. The number of aromatic hydroxyl groups is 1. The van der Waals surface area contributed by atoms with E-state index >= 15 is 0 Å². The molecule has 0 aromatic heterocycles. The molecule has 0 spiro atoms. The number of hydrogen-bond acceptors (Lipinski definition) is 3. The largest absolute Gasteiger partial charge is 0.508 e. The Bertz CT molecular complexity index is 338. The highest BCUT2D eigenvalue weighted by atomic mass is 16.3. The van der Waals surface area contributed by atoms with E-state index in [0.29, 0.717) is 11.8 Å². The monoisotopic (exact) mass is 192 g/mol. The summed E-state index contributed by atoms with van der Waals surface area (Å²) >= 11 is 0. The van der Waals surface area contributed by atoms with Gasteiger partial charge in [-0.1, -0.05) is 6.07 Å². The van der Waals surface area contributed by atoms with Crippen LogP contribution in [0.3, 0.4) is 0 Å². The molecule has 1 aliphatic rings. The zero-order chi connectivity index (χ0) is 10.1. The fraction of sp³-hybridized carbons (Fsp3) is 0.455. The highest BCUT2D eigenvalue weighted by Gasteiger charge is 2.25. The minimum Gasteiger partial charge on any atom is -0.508 e. The molecule has 1 heterocycles. The van der Waals surface area contributed by atoms with Gasteiger partial charge in [0.1, 0.15) is 5.75 Å².